The van der Waals surface area contributed by atoms with Gasteiger partial charge in [-0.1, -0.05) is 60.2 Å². The molecule has 5 heteroatoms. The van der Waals surface area contributed by atoms with E-state index in [2.05, 4.69) is 54.0 Å². The SMILES string of the molecule is CNCCCNCc1nn(Cc2ccc(C)cc2)nc1-c1ccccc1. The Balaban J connectivity index is 1.76. The summed E-state index contributed by atoms with van der Waals surface area (Å²) < 4.78 is 0. The van der Waals surface area contributed by atoms with Gasteiger partial charge in [-0.2, -0.15) is 15.0 Å². The highest BCUT2D eigenvalue weighted by Crippen LogP contribution is 2.20. The number of benzene rings is 2. The number of aryl methyl sites for hydroxylation is 1. The summed E-state index contributed by atoms with van der Waals surface area (Å²) in [5.41, 5.74) is 5.53. The summed E-state index contributed by atoms with van der Waals surface area (Å²) in [6.07, 6.45) is 1.09. The molecule has 0 amide bonds. The molecule has 1 heterocycles. The van der Waals surface area contributed by atoms with Crippen LogP contribution in [0.5, 0.6) is 0 Å². The average Bonchev–Trinajstić information content (AvgIpc) is 3.07. The van der Waals surface area contributed by atoms with Gasteiger partial charge in [0.15, 0.2) is 0 Å². The maximum Gasteiger partial charge on any atom is 0.117 e. The molecule has 0 unspecified atom stereocenters. The second-order valence-corrected chi connectivity index (χ2v) is 6.51. The van der Waals surface area contributed by atoms with E-state index >= 15 is 0 Å². The summed E-state index contributed by atoms with van der Waals surface area (Å²) in [7, 11) is 1.98. The lowest BCUT2D eigenvalue weighted by Crippen LogP contribution is -2.20. The fourth-order valence-corrected chi connectivity index (χ4v) is 2.85. The third-order valence-corrected chi connectivity index (χ3v) is 4.29. The van der Waals surface area contributed by atoms with E-state index < -0.39 is 0 Å². The van der Waals surface area contributed by atoms with Crippen LogP contribution in [0.15, 0.2) is 54.6 Å². The van der Waals surface area contributed by atoms with Crippen molar-refractivity contribution in [3.63, 3.8) is 0 Å². The van der Waals surface area contributed by atoms with Gasteiger partial charge in [0.1, 0.15) is 11.4 Å². The van der Waals surface area contributed by atoms with Crippen LogP contribution in [0, 0.1) is 6.92 Å². The number of hydrogen-bond acceptors (Lipinski definition) is 4. The van der Waals surface area contributed by atoms with Crippen LogP contribution in [0.3, 0.4) is 0 Å². The minimum Gasteiger partial charge on any atom is -0.320 e. The van der Waals surface area contributed by atoms with Crippen LogP contribution in [0.1, 0.15) is 23.2 Å². The highest BCUT2D eigenvalue weighted by molar-refractivity contribution is 5.60. The summed E-state index contributed by atoms with van der Waals surface area (Å²) in [5, 5.41) is 16.2. The minimum atomic E-state index is 0.680. The molecular weight excluding hydrogens is 322 g/mol. The number of nitrogens with one attached hydrogen (secondary N) is 2. The summed E-state index contributed by atoms with van der Waals surface area (Å²) in [6, 6.07) is 18.8. The third-order valence-electron chi connectivity index (χ3n) is 4.29. The molecule has 0 bridgehead atoms. The molecule has 0 aliphatic heterocycles. The molecule has 0 spiro atoms. The average molecular weight is 349 g/mol. The van der Waals surface area contributed by atoms with Gasteiger partial charge in [-0.15, -0.1) is 0 Å². The summed E-state index contributed by atoms with van der Waals surface area (Å²) in [5.74, 6) is 0. The molecule has 5 nitrogen and oxygen atoms in total. The molecule has 0 radical (unpaired) electrons. The van der Waals surface area contributed by atoms with E-state index in [0.717, 1.165) is 43.0 Å². The number of aromatic nitrogens is 3. The quantitative estimate of drug-likeness (QED) is 0.583. The molecule has 2 N–H and O–H groups in total. The zero-order chi connectivity index (χ0) is 18.2. The van der Waals surface area contributed by atoms with Gasteiger partial charge < -0.3 is 10.6 Å². The third kappa shape index (κ3) is 5.00. The second-order valence-electron chi connectivity index (χ2n) is 6.51. The first-order chi connectivity index (χ1) is 12.8. The molecule has 26 heavy (non-hydrogen) atoms. The Labute approximate surface area is 155 Å². The molecule has 0 fully saturated rings. The van der Waals surface area contributed by atoms with Crippen LogP contribution in [-0.2, 0) is 13.1 Å². The molecule has 0 atom stereocenters. The van der Waals surface area contributed by atoms with Crippen molar-refractivity contribution in [2.24, 2.45) is 0 Å². The molecule has 0 aliphatic rings. The zero-order valence-corrected chi connectivity index (χ0v) is 15.6. The summed E-state index contributed by atoms with van der Waals surface area (Å²) >= 11 is 0. The van der Waals surface area contributed by atoms with Gasteiger partial charge in [0, 0.05) is 12.1 Å². The van der Waals surface area contributed by atoms with Crippen molar-refractivity contribution >= 4 is 0 Å². The predicted octanol–water partition coefficient (Wildman–Crippen LogP) is 3.00. The van der Waals surface area contributed by atoms with Crippen molar-refractivity contribution in [3.05, 3.63) is 71.4 Å². The van der Waals surface area contributed by atoms with Crippen molar-refractivity contribution in [2.45, 2.75) is 26.4 Å². The van der Waals surface area contributed by atoms with Crippen molar-refractivity contribution in [1.29, 1.82) is 0 Å². The molecule has 3 rings (SSSR count). The second kappa shape index (κ2) is 9.27. The van der Waals surface area contributed by atoms with Crippen LogP contribution < -0.4 is 10.6 Å². The fourth-order valence-electron chi connectivity index (χ4n) is 2.85. The Hall–Kier alpha value is -2.50. The van der Waals surface area contributed by atoms with Gasteiger partial charge in [-0.3, -0.25) is 0 Å². The number of rotatable bonds is 9. The van der Waals surface area contributed by atoms with Crippen molar-refractivity contribution < 1.29 is 0 Å². The van der Waals surface area contributed by atoms with Crippen LogP contribution >= 0.6 is 0 Å². The van der Waals surface area contributed by atoms with Crippen molar-refractivity contribution in [3.8, 4) is 11.3 Å². The number of nitrogens with zero attached hydrogens (tertiary/aromatic N) is 3. The number of hydrogen-bond donors (Lipinski definition) is 2. The van der Waals surface area contributed by atoms with Crippen LogP contribution in [0.2, 0.25) is 0 Å². The van der Waals surface area contributed by atoms with Gasteiger partial charge >= 0.3 is 0 Å². The van der Waals surface area contributed by atoms with E-state index in [0.29, 0.717) is 6.54 Å². The summed E-state index contributed by atoms with van der Waals surface area (Å²) in [6.45, 7) is 5.47. The van der Waals surface area contributed by atoms with E-state index in [4.69, 9.17) is 10.2 Å². The lowest BCUT2D eigenvalue weighted by molar-refractivity contribution is 0.571. The van der Waals surface area contributed by atoms with Gasteiger partial charge in [0.25, 0.3) is 0 Å². The van der Waals surface area contributed by atoms with Gasteiger partial charge in [-0.25, -0.2) is 0 Å². The first-order valence-electron chi connectivity index (χ1n) is 9.16. The lowest BCUT2D eigenvalue weighted by Gasteiger charge is -2.04. The van der Waals surface area contributed by atoms with Crippen LogP contribution in [0.25, 0.3) is 11.3 Å². The molecule has 2 aromatic carbocycles. The topological polar surface area (TPSA) is 54.8 Å². The smallest absolute Gasteiger partial charge is 0.117 e. The van der Waals surface area contributed by atoms with Gasteiger partial charge in [0.2, 0.25) is 0 Å². The van der Waals surface area contributed by atoms with E-state index in [-0.39, 0.29) is 0 Å². The summed E-state index contributed by atoms with van der Waals surface area (Å²) in [4.78, 5) is 1.80. The molecular formula is C21H27N5. The highest BCUT2D eigenvalue weighted by Gasteiger charge is 2.13. The van der Waals surface area contributed by atoms with Crippen molar-refractivity contribution in [2.75, 3.05) is 20.1 Å². The van der Waals surface area contributed by atoms with Crippen LogP contribution in [-0.4, -0.2) is 35.1 Å². The Bertz CT molecular complexity index is 793. The zero-order valence-electron chi connectivity index (χ0n) is 15.6. The lowest BCUT2D eigenvalue weighted by atomic mass is 10.1. The minimum absolute atomic E-state index is 0.680. The first-order valence-corrected chi connectivity index (χ1v) is 9.16. The molecule has 0 saturated carbocycles. The Kier molecular flexibility index (Phi) is 6.52. The molecule has 3 aromatic rings. The van der Waals surface area contributed by atoms with Crippen molar-refractivity contribution in [1.82, 2.24) is 25.6 Å². The standard InChI is InChI=1S/C21H27N5/c1-17-9-11-18(12-10-17)16-26-24-20(15-23-14-6-13-22-2)21(25-26)19-7-4-3-5-8-19/h3-5,7-12,22-23H,6,13-16H2,1-2H3. The molecule has 136 valence electrons. The predicted molar refractivity (Wildman–Crippen MR) is 106 cm³/mol. The Morgan fingerprint density at radius 2 is 1.69 bits per heavy atom. The molecule has 0 saturated heterocycles. The van der Waals surface area contributed by atoms with Gasteiger partial charge in [0.05, 0.1) is 6.54 Å². The van der Waals surface area contributed by atoms with Crippen LogP contribution in [0.4, 0.5) is 0 Å². The van der Waals surface area contributed by atoms with E-state index in [1.807, 2.05) is 25.2 Å². The normalized spacial score (nSPS) is 11.0. The monoisotopic (exact) mass is 349 g/mol. The van der Waals surface area contributed by atoms with E-state index in [1.165, 1.54) is 11.1 Å². The first kappa shape index (κ1) is 18.3. The molecule has 0 aliphatic carbocycles. The highest BCUT2D eigenvalue weighted by atomic mass is 15.5. The Morgan fingerprint density at radius 3 is 2.42 bits per heavy atom. The van der Waals surface area contributed by atoms with E-state index in [9.17, 15) is 0 Å². The maximum atomic E-state index is 4.77. The largest absolute Gasteiger partial charge is 0.320 e. The van der Waals surface area contributed by atoms with Gasteiger partial charge in [-0.05, 0) is 39.0 Å². The maximum absolute atomic E-state index is 4.77. The fraction of sp³-hybridized carbons (Fsp3) is 0.333. The van der Waals surface area contributed by atoms with E-state index in [1.54, 1.807) is 4.80 Å². The molecule has 1 aromatic heterocycles. The Morgan fingerprint density at radius 1 is 0.923 bits per heavy atom.